The number of ether oxygens (including phenoxy) is 1. The number of hydrogen-bond donors (Lipinski definition) is 2. The molecule has 1 aromatic carbocycles. The highest BCUT2D eigenvalue weighted by Gasteiger charge is 2.12. The SMILES string of the molecule is CCNC(=NCc1ccc(C(=O)N(C)C)cc1)NCc1c(C)nn(CCOC)c1C.I. The summed E-state index contributed by atoms with van der Waals surface area (Å²) < 4.78 is 7.14. The van der Waals surface area contributed by atoms with E-state index in [0.717, 1.165) is 36.0 Å². The van der Waals surface area contributed by atoms with Gasteiger partial charge in [0.2, 0.25) is 0 Å². The van der Waals surface area contributed by atoms with E-state index in [-0.39, 0.29) is 29.9 Å². The van der Waals surface area contributed by atoms with Gasteiger partial charge in [0.15, 0.2) is 5.96 Å². The minimum absolute atomic E-state index is 0. The molecule has 9 heteroatoms. The number of methoxy groups -OCH3 is 1. The highest BCUT2D eigenvalue weighted by Crippen LogP contribution is 2.13. The van der Waals surface area contributed by atoms with Crippen molar-refractivity contribution in [3.05, 3.63) is 52.3 Å². The quantitative estimate of drug-likeness (QED) is 0.289. The predicted molar refractivity (Wildman–Crippen MR) is 135 cm³/mol. The summed E-state index contributed by atoms with van der Waals surface area (Å²) in [5.41, 5.74) is 5.03. The highest BCUT2D eigenvalue weighted by molar-refractivity contribution is 14.0. The van der Waals surface area contributed by atoms with E-state index in [1.807, 2.05) is 42.8 Å². The van der Waals surface area contributed by atoms with Gasteiger partial charge >= 0.3 is 0 Å². The summed E-state index contributed by atoms with van der Waals surface area (Å²) in [5.74, 6) is 0.742. The molecule has 172 valence electrons. The Kier molecular flexibility index (Phi) is 11.5. The summed E-state index contributed by atoms with van der Waals surface area (Å²) in [6.45, 7) is 9.46. The average Bonchev–Trinajstić information content (AvgIpc) is 3.01. The largest absolute Gasteiger partial charge is 0.383 e. The van der Waals surface area contributed by atoms with Crippen molar-refractivity contribution in [2.24, 2.45) is 4.99 Å². The van der Waals surface area contributed by atoms with Crippen molar-refractivity contribution in [1.29, 1.82) is 0 Å². The maximum absolute atomic E-state index is 12.0. The van der Waals surface area contributed by atoms with Gasteiger partial charge in [-0.05, 0) is 38.5 Å². The minimum Gasteiger partial charge on any atom is -0.383 e. The van der Waals surface area contributed by atoms with Crippen molar-refractivity contribution >= 4 is 35.8 Å². The van der Waals surface area contributed by atoms with E-state index in [1.54, 1.807) is 26.1 Å². The maximum atomic E-state index is 12.0. The van der Waals surface area contributed by atoms with Crippen molar-refractivity contribution in [1.82, 2.24) is 25.3 Å². The molecule has 1 aromatic heterocycles. The van der Waals surface area contributed by atoms with E-state index in [2.05, 4.69) is 27.6 Å². The molecule has 0 bridgehead atoms. The summed E-state index contributed by atoms with van der Waals surface area (Å²) in [4.78, 5) is 18.3. The summed E-state index contributed by atoms with van der Waals surface area (Å²) >= 11 is 0. The molecule has 2 rings (SSSR count). The number of nitrogens with zero attached hydrogens (tertiary/aromatic N) is 4. The molecule has 0 saturated heterocycles. The van der Waals surface area contributed by atoms with Gasteiger partial charge in [-0.1, -0.05) is 12.1 Å². The van der Waals surface area contributed by atoms with Gasteiger partial charge in [-0.3, -0.25) is 9.48 Å². The molecule has 1 heterocycles. The molecule has 0 aliphatic carbocycles. The number of rotatable bonds is 9. The number of carbonyl (C=O) groups is 1. The van der Waals surface area contributed by atoms with Crippen LogP contribution in [0.4, 0.5) is 0 Å². The van der Waals surface area contributed by atoms with Crippen LogP contribution in [-0.2, 0) is 24.4 Å². The first-order chi connectivity index (χ1) is 14.4. The third-order valence-electron chi connectivity index (χ3n) is 4.84. The first-order valence-corrected chi connectivity index (χ1v) is 10.2. The van der Waals surface area contributed by atoms with Crippen LogP contribution in [0.1, 0.15) is 39.8 Å². The van der Waals surface area contributed by atoms with Gasteiger partial charge in [0.05, 0.1) is 25.4 Å². The number of benzene rings is 1. The van der Waals surface area contributed by atoms with Crippen molar-refractivity contribution in [2.75, 3.05) is 34.4 Å². The highest BCUT2D eigenvalue weighted by atomic mass is 127. The molecule has 1 amide bonds. The van der Waals surface area contributed by atoms with E-state index < -0.39 is 0 Å². The van der Waals surface area contributed by atoms with E-state index in [4.69, 9.17) is 4.74 Å². The Morgan fingerprint density at radius 1 is 1.19 bits per heavy atom. The molecule has 0 saturated carbocycles. The monoisotopic (exact) mass is 542 g/mol. The van der Waals surface area contributed by atoms with Crippen molar-refractivity contribution in [3.63, 3.8) is 0 Å². The van der Waals surface area contributed by atoms with E-state index in [9.17, 15) is 4.79 Å². The Hall–Kier alpha value is -2.14. The maximum Gasteiger partial charge on any atom is 0.253 e. The molecule has 0 unspecified atom stereocenters. The molecule has 8 nitrogen and oxygen atoms in total. The van der Waals surface area contributed by atoms with Gasteiger partial charge in [0, 0.05) is 51.1 Å². The van der Waals surface area contributed by atoms with Crippen LogP contribution in [0.3, 0.4) is 0 Å². The van der Waals surface area contributed by atoms with Crippen LogP contribution in [0.25, 0.3) is 0 Å². The van der Waals surface area contributed by atoms with Gasteiger partial charge in [-0.25, -0.2) is 4.99 Å². The van der Waals surface area contributed by atoms with Gasteiger partial charge < -0.3 is 20.3 Å². The number of aryl methyl sites for hydroxylation is 1. The molecule has 0 aliphatic heterocycles. The van der Waals surface area contributed by atoms with Crippen LogP contribution < -0.4 is 10.6 Å². The third kappa shape index (κ3) is 7.80. The molecule has 0 radical (unpaired) electrons. The Morgan fingerprint density at radius 3 is 2.45 bits per heavy atom. The Labute approximate surface area is 202 Å². The number of nitrogens with one attached hydrogen (secondary N) is 2. The topological polar surface area (TPSA) is 83.8 Å². The Balaban J connectivity index is 0.00000480. The Morgan fingerprint density at radius 2 is 1.87 bits per heavy atom. The molecule has 0 aliphatic rings. The predicted octanol–water partition coefficient (Wildman–Crippen LogP) is 2.72. The van der Waals surface area contributed by atoms with Gasteiger partial charge in [0.1, 0.15) is 0 Å². The van der Waals surface area contributed by atoms with Crippen molar-refractivity contribution in [2.45, 2.75) is 40.4 Å². The number of halogens is 1. The minimum atomic E-state index is -0.00292. The number of guanidine groups is 1. The summed E-state index contributed by atoms with van der Waals surface area (Å²) in [6.07, 6.45) is 0. The van der Waals surface area contributed by atoms with Crippen molar-refractivity contribution in [3.8, 4) is 0 Å². The van der Waals surface area contributed by atoms with E-state index >= 15 is 0 Å². The molecule has 2 aromatic rings. The summed E-state index contributed by atoms with van der Waals surface area (Å²) in [7, 11) is 5.19. The number of carbonyl (C=O) groups excluding carboxylic acids is 1. The second kappa shape index (κ2) is 13.3. The molecule has 31 heavy (non-hydrogen) atoms. The normalized spacial score (nSPS) is 11.1. The summed E-state index contributed by atoms with van der Waals surface area (Å²) in [5, 5.41) is 11.3. The van der Waals surface area contributed by atoms with Crippen LogP contribution in [0.2, 0.25) is 0 Å². The number of amides is 1. The van der Waals surface area contributed by atoms with Crippen LogP contribution in [0, 0.1) is 13.8 Å². The summed E-state index contributed by atoms with van der Waals surface area (Å²) in [6, 6.07) is 7.57. The third-order valence-corrected chi connectivity index (χ3v) is 4.84. The lowest BCUT2D eigenvalue weighted by Gasteiger charge is -2.12. The fourth-order valence-electron chi connectivity index (χ4n) is 3.08. The van der Waals surface area contributed by atoms with Crippen molar-refractivity contribution < 1.29 is 9.53 Å². The zero-order valence-corrected chi connectivity index (χ0v) is 21.7. The second-order valence-corrected chi connectivity index (χ2v) is 7.31. The molecule has 2 N–H and O–H groups in total. The first kappa shape index (κ1) is 26.9. The second-order valence-electron chi connectivity index (χ2n) is 7.31. The zero-order chi connectivity index (χ0) is 22.1. The first-order valence-electron chi connectivity index (χ1n) is 10.2. The Bertz CT molecular complexity index is 862. The lowest BCUT2D eigenvalue weighted by molar-refractivity contribution is 0.0827. The molecule has 0 spiro atoms. The van der Waals surface area contributed by atoms with Crippen LogP contribution in [0.5, 0.6) is 0 Å². The average molecular weight is 542 g/mol. The zero-order valence-electron chi connectivity index (χ0n) is 19.4. The fourth-order valence-corrected chi connectivity index (χ4v) is 3.08. The van der Waals surface area contributed by atoms with Crippen LogP contribution >= 0.6 is 24.0 Å². The molecule has 0 fully saturated rings. The van der Waals surface area contributed by atoms with E-state index in [1.165, 1.54) is 5.56 Å². The number of aliphatic imine (C=N–C) groups is 1. The fraction of sp³-hybridized carbons (Fsp3) is 0.500. The smallest absolute Gasteiger partial charge is 0.253 e. The molecular weight excluding hydrogens is 507 g/mol. The van der Waals surface area contributed by atoms with Crippen LogP contribution in [-0.4, -0.2) is 60.9 Å². The van der Waals surface area contributed by atoms with E-state index in [0.29, 0.717) is 25.3 Å². The van der Waals surface area contributed by atoms with Gasteiger partial charge in [0.25, 0.3) is 5.91 Å². The lowest BCUT2D eigenvalue weighted by atomic mass is 10.1. The number of aromatic nitrogens is 2. The molecule has 0 atom stereocenters. The van der Waals surface area contributed by atoms with Gasteiger partial charge in [-0.2, -0.15) is 5.10 Å². The van der Waals surface area contributed by atoms with Crippen LogP contribution in [0.15, 0.2) is 29.3 Å². The lowest BCUT2D eigenvalue weighted by Crippen LogP contribution is -2.37. The molecular formula is C22H35IN6O2. The number of hydrogen-bond acceptors (Lipinski definition) is 4. The van der Waals surface area contributed by atoms with Gasteiger partial charge in [-0.15, -0.1) is 24.0 Å². The standard InChI is InChI=1S/C22H34N6O2.HI/c1-7-23-22(24-14-18-8-10-19(11-9-18)21(29)27(4)5)25-15-20-16(2)26-28(17(20)3)12-13-30-6;/h8-11H,7,12-15H2,1-6H3,(H2,23,24,25);1H.